The predicted molar refractivity (Wildman–Crippen MR) is 149 cm³/mol. The second kappa shape index (κ2) is 9.10. The van der Waals surface area contributed by atoms with Gasteiger partial charge < -0.3 is 24.6 Å². The highest BCUT2D eigenvalue weighted by Crippen LogP contribution is 2.40. The topological polar surface area (TPSA) is 76.3 Å². The van der Waals surface area contributed by atoms with E-state index in [2.05, 4.69) is 23.7 Å². The molecule has 0 bridgehead atoms. The molecule has 1 aliphatic heterocycles. The maximum atomic E-state index is 13.9. The van der Waals surface area contributed by atoms with Gasteiger partial charge in [0.1, 0.15) is 5.82 Å². The average molecular weight is 505 g/mol. The molecule has 196 valence electrons. The molecule has 8 heteroatoms. The van der Waals surface area contributed by atoms with Crippen molar-refractivity contribution in [2.24, 2.45) is 5.41 Å². The van der Waals surface area contributed by atoms with Crippen molar-refractivity contribution in [2.45, 2.75) is 79.4 Å². The fourth-order valence-electron chi connectivity index (χ4n) is 4.58. The molecule has 2 N–H and O–H groups in total. The van der Waals surface area contributed by atoms with Gasteiger partial charge in [0.05, 0.1) is 22.4 Å². The minimum Gasteiger partial charge on any atom is -0.399 e. The number of hydrogen-bond donors (Lipinski definition) is 2. The van der Waals surface area contributed by atoms with Crippen molar-refractivity contribution >= 4 is 41.3 Å². The summed E-state index contributed by atoms with van der Waals surface area (Å²) in [6.07, 6.45) is 1.24. The smallest absolute Gasteiger partial charge is 0.399 e. The molecular weight excluding hydrogens is 468 g/mol. The third-order valence-corrected chi connectivity index (χ3v) is 7.42. The van der Waals surface area contributed by atoms with Crippen molar-refractivity contribution in [1.29, 1.82) is 5.41 Å². The Labute approximate surface area is 219 Å². The Kier molecular flexibility index (Phi) is 6.66. The number of amides is 1. The van der Waals surface area contributed by atoms with Crippen LogP contribution in [0.3, 0.4) is 0 Å². The van der Waals surface area contributed by atoms with Gasteiger partial charge in [0.25, 0.3) is 0 Å². The van der Waals surface area contributed by atoms with E-state index in [-0.39, 0.29) is 17.6 Å². The van der Waals surface area contributed by atoms with Crippen LogP contribution in [0.1, 0.15) is 79.5 Å². The van der Waals surface area contributed by atoms with Crippen molar-refractivity contribution in [3.63, 3.8) is 0 Å². The molecule has 0 atom stereocenters. The highest BCUT2D eigenvalue weighted by Gasteiger charge is 2.53. The van der Waals surface area contributed by atoms with E-state index in [0.29, 0.717) is 11.3 Å². The normalized spacial score (nSPS) is 17.0. The molecule has 0 radical (unpaired) electrons. The Balaban J connectivity index is 2.07. The van der Waals surface area contributed by atoms with E-state index < -0.39 is 23.7 Å². The maximum absolute atomic E-state index is 13.9. The highest BCUT2D eigenvalue weighted by molar-refractivity contribution is 6.66. The molecule has 1 aromatic heterocycles. The van der Waals surface area contributed by atoms with Gasteiger partial charge in [-0.1, -0.05) is 34.6 Å². The Morgan fingerprint density at radius 1 is 1.08 bits per heavy atom. The van der Waals surface area contributed by atoms with E-state index in [0.717, 1.165) is 27.7 Å². The molecule has 1 aliphatic rings. The first-order valence-corrected chi connectivity index (χ1v) is 12.7. The van der Waals surface area contributed by atoms with Crippen molar-refractivity contribution < 1.29 is 18.5 Å². The molecule has 4 rings (SSSR count). The van der Waals surface area contributed by atoms with Gasteiger partial charge in [0, 0.05) is 39.4 Å². The lowest BCUT2D eigenvalue weighted by atomic mass is 9.74. The van der Waals surface area contributed by atoms with Crippen molar-refractivity contribution in [2.75, 3.05) is 5.32 Å². The van der Waals surface area contributed by atoms with Gasteiger partial charge in [-0.15, -0.1) is 0 Å². The lowest BCUT2D eigenvalue weighted by molar-refractivity contribution is -0.123. The van der Waals surface area contributed by atoms with E-state index in [1.165, 1.54) is 18.3 Å². The lowest BCUT2D eigenvalue weighted by Gasteiger charge is -2.32. The Bertz CT molecular complexity index is 1350. The number of nitrogens with zero attached hydrogens (tertiary/aromatic N) is 1. The van der Waals surface area contributed by atoms with Crippen LogP contribution in [0, 0.1) is 16.6 Å². The number of carbonyl (C=O) groups excluding carboxylic acids is 1. The SMILES string of the molecule is CC(C)c1c(B2OC(C)(C)C(C)(C)O2)c2cc(NC(=O)C(C)(C)C)c(C=N)cc2n1-c1ccc(F)cc1. The van der Waals surface area contributed by atoms with Crippen LogP contribution in [0.15, 0.2) is 36.4 Å². The molecule has 0 spiro atoms. The number of nitrogens with one attached hydrogen (secondary N) is 2. The number of anilines is 1. The standard InChI is InChI=1S/C29H37BFN3O3/c1-17(2)25-24(30-36-28(6,7)29(8,9)37-30)21-15-22(33-26(35)27(3,4)5)18(16-32)14-23(21)34(25)20-12-10-19(31)11-13-20/h10-17,32H,1-9H3,(H,33,35). The maximum Gasteiger partial charge on any atom is 0.497 e. The molecule has 1 saturated heterocycles. The van der Waals surface area contributed by atoms with Crippen LogP contribution in [-0.4, -0.2) is 35.0 Å². The van der Waals surface area contributed by atoms with Gasteiger partial charge >= 0.3 is 7.12 Å². The first kappa shape index (κ1) is 27.1. The number of carbonyl (C=O) groups is 1. The van der Waals surface area contributed by atoms with Gasteiger partial charge in [0.2, 0.25) is 5.91 Å². The molecule has 37 heavy (non-hydrogen) atoms. The average Bonchev–Trinajstić information content (AvgIpc) is 3.22. The third kappa shape index (κ3) is 4.73. The summed E-state index contributed by atoms with van der Waals surface area (Å²) in [6.45, 7) is 17.8. The van der Waals surface area contributed by atoms with E-state index in [9.17, 15) is 9.18 Å². The number of hydrogen-bond acceptors (Lipinski definition) is 4. The zero-order valence-corrected chi connectivity index (χ0v) is 23.2. The molecule has 1 fully saturated rings. The molecule has 3 aromatic rings. The quantitative estimate of drug-likeness (QED) is 0.322. The first-order valence-electron chi connectivity index (χ1n) is 12.7. The van der Waals surface area contributed by atoms with Gasteiger partial charge in [-0.3, -0.25) is 4.79 Å². The number of halogens is 1. The summed E-state index contributed by atoms with van der Waals surface area (Å²) >= 11 is 0. The summed E-state index contributed by atoms with van der Waals surface area (Å²) in [6, 6.07) is 10.2. The molecule has 6 nitrogen and oxygen atoms in total. The number of benzene rings is 2. The predicted octanol–water partition coefficient (Wildman–Crippen LogP) is 6.17. The monoisotopic (exact) mass is 505 g/mol. The summed E-state index contributed by atoms with van der Waals surface area (Å²) in [5, 5.41) is 12.0. The van der Waals surface area contributed by atoms with Crippen LogP contribution in [0.25, 0.3) is 16.6 Å². The summed E-state index contributed by atoms with van der Waals surface area (Å²) in [4.78, 5) is 12.9. The second-order valence-corrected chi connectivity index (χ2v) is 12.2. The van der Waals surface area contributed by atoms with Gasteiger partial charge in [0.15, 0.2) is 0 Å². The van der Waals surface area contributed by atoms with E-state index in [1.54, 1.807) is 12.1 Å². The Morgan fingerprint density at radius 2 is 1.65 bits per heavy atom. The van der Waals surface area contributed by atoms with E-state index in [1.807, 2.05) is 60.6 Å². The fourth-order valence-corrected chi connectivity index (χ4v) is 4.58. The molecule has 0 unspecified atom stereocenters. The third-order valence-electron chi connectivity index (χ3n) is 7.42. The van der Waals surface area contributed by atoms with Crippen molar-refractivity contribution in [1.82, 2.24) is 4.57 Å². The van der Waals surface area contributed by atoms with E-state index >= 15 is 0 Å². The summed E-state index contributed by atoms with van der Waals surface area (Å²) in [5.74, 6) is -0.401. The number of aromatic nitrogens is 1. The molecular formula is C29H37BFN3O3. The summed E-state index contributed by atoms with van der Waals surface area (Å²) in [5.41, 5.74) is 2.88. The van der Waals surface area contributed by atoms with Crippen LogP contribution in [0.2, 0.25) is 0 Å². The van der Waals surface area contributed by atoms with Crippen molar-refractivity contribution in [3.8, 4) is 5.69 Å². The van der Waals surface area contributed by atoms with Crippen LogP contribution < -0.4 is 10.8 Å². The highest BCUT2D eigenvalue weighted by atomic mass is 19.1. The van der Waals surface area contributed by atoms with Gasteiger partial charge in [-0.25, -0.2) is 4.39 Å². The van der Waals surface area contributed by atoms with Crippen LogP contribution in [0.5, 0.6) is 0 Å². The molecule has 2 heterocycles. The Hall–Kier alpha value is -2.97. The molecule has 0 saturated carbocycles. The minimum atomic E-state index is -0.649. The largest absolute Gasteiger partial charge is 0.497 e. The van der Waals surface area contributed by atoms with Crippen LogP contribution >= 0.6 is 0 Å². The van der Waals surface area contributed by atoms with Gasteiger partial charge in [-0.05, 0) is 70.0 Å². The first-order chi connectivity index (χ1) is 17.1. The number of rotatable bonds is 5. The summed E-state index contributed by atoms with van der Waals surface area (Å²) < 4.78 is 29.0. The lowest BCUT2D eigenvalue weighted by Crippen LogP contribution is -2.41. The van der Waals surface area contributed by atoms with Crippen LogP contribution in [-0.2, 0) is 14.1 Å². The zero-order valence-electron chi connectivity index (χ0n) is 23.2. The summed E-state index contributed by atoms with van der Waals surface area (Å²) in [7, 11) is -0.649. The fraction of sp³-hybridized carbons (Fsp3) is 0.448. The van der Waals surface area contributed by atoms with Crippen LogP contribution in [0.4, 0.5) is 10.1 Å². The van der Waals surface area contributed by atoms with Crippen molar-refractivity contribution in [3.05, 3.63) is 53.5 Å². The minimum absolute atomic E-state index is 0.0579. The molecule has 1 amide bonds. The second-order valence-electron chi connectivity index (χ2n) is 12.2. The Morgan fingerprint density at radius 3 is 2.14 bits per heavy atom. The van der Waals surface area contributed by atoms with E-state index in [4.69, 9.17) is 14.7 Å². The number of fused-ring (bicyclic) bond motifs is 1. The molecule has 2 aromatic carbocycles. The van der Waals surface area contributed by atoms with Gasteiger partial charge in [-0.2, -0.15) is 0 Å². The zero-order chi connectivity index (χ0) is 27.5. The molecule has 0 aliphatic carbocycles.